The van der Waals surface area contributed by atoms with Crippen LogP contribution in [-0.2, 0) is 10.2 Å². The van der Waals surface area contributed by atoms with Crippen LogP contribution in [0, 0.1) is 6.92 Å². The van der Waals surface area contributed by atoms with E-state index in [1.165, 1.54) is 24.8 Å². The van der Waals surface area contributed by atoms with E-state index in [0.29, 0.717) is 11.5 Å². The van der Waals surface area contributed by atoms with Crippen LogP contribution in [0.4, 0.5) is 19.1 Å². The number of benzene rings is 1. The Labute approximate surface area is 179 Å². The smallest absolute Gasteiger partial charge is 0.475 e. The molecule has 1 spiro atoms. The number of hydrogen-bond donors (Lipinski definition) is 1. The molecule has 6 nitrogen and oxygen atoms in total. The lowest BCUT2D eigenvalue weighted by atomic mass is 9.73. The van der Waals surface area contributed by atoms with E-state index in [9.17, 15) is 13.2 Å². The number of carboxylic acids is 1. The van der Waals surface area contributed by atoms with Crippen molar-refractivity contribution < 1.29 is 23.1 Å². The molecule has 1 fully saturated rings. The van der Waals surface area contributed by atoms with Gasteiger partial charge in [-0.2, -0.15) is 13.2 Å². The second-order valence-corrected chi connectivity index (χ2v) is 8.40. The number of piperidine rings is 1. The molecule has 1 aromatic heterocycles. The van der Waals surface area contributed by atoms with Gasteiger partial charge in [0.2, 0.25) is 5.95 Å². The molecule has 0 radical (unpaired) electrons. The van der Waals surface area contributed by atoms with Gasteiger partial charge in [-0.1, -0.05) is 24.3 Å². The van der Waals surface area contributed by atoms with E-state index < -0.39 is 12.1 Å². The Kier molecular flexibility index (Phi) is 6.54. The Hall–Kier alpha value is -2.68. The van der Waals surface area contributed by atoms with E-state index in [0.717, 1.165) is 24.6 Å². The lowest BCUT2D eigenvalue weighted by Gasteiger charge is -2.40. The summed E-state index contributed by atoms with van der Waals surface area (Å²) in [5, 5.41) is 7.12. The molecule has 4 rings (SSSR count). The molecule has 1 atom stereocenters. The van der Waals surface area contributed by atoms with Crippen LogP contribution >= 0.6 is 0 Å². The summed E-state index contributed by atoms with van der Waals surface area (Å²) in [6.07, 6.45) is 2.36. The molecule has 9 heteroatoms. The lowest BCUT2D eigenvalue weighted by molar-refractivity contribution is -0.192. The topological polar surface area (TPSA) is 69.6 Å². The number of fused-ring (bicyclic) bond motifs is 2. The Morgan fingerprint density at radius 3 is 2.23 bits per heavy atom. The van der Waals surface area contributed by atoms with Gasteiger partial charge < -0.3 is 14.9 Å². The number of hydrogen-bond acceptors (Lipinski definition) is 5. The molecule has 1 aliphatic heterocycles. The van der Waals surface area contributed by atoms with Crippen molar-refractivity contribution in [3.8, 4) is 0 Å². The Morgan fingerprint density at radius 2 is 1.71 bits per heavy atom. The summed E-state index contributed by atoms with van der Waals surface area (Å²) < 4.78 is 31.7. The second-order valence-electron chi connectivity index (χ2n) is 8.40. The minimum atomic E-state index is -5.08. The van der Waals surface area contributed by atoms with Crippen LogP contribution < -0.4 is 4.90 Å². The molecule has 168 valence electrons. The SMILES string of the molecule is Cc1cnc(N2CCC3(CC2)CC(N(C)C)c2ccccc23)nc1.O=C(O)C(F)(F)F. The summed E-state index contributed by atoms with van der Waals surface area (Å²) in [5.41, 5.74) is 4.55. The maximum atomic E-state index is 10.6. The Bertz CT molecular complexity index is 908. The minimum absolute atomic E-state index is 0.326. The molecule has 1 N–H and O–H groups in total. The van der Waals surface area contributed by atoms with Crippen LogP contribution in [0.25, 0.3) is 0 Å². The van der Waals surface area contributed by atoms with Gasteiger partial charge in [0.15, 0.2) is 0 Å². The maximum absolute atomic E-state index is 10.6. The highest BCUT2D eigenvalue weighted by molar-refractivity contribution is 5.73. The molecule has 1 aromatic carbocycles. The van der Waals surface area contributed by atoms with E-state index in [-0.39, 0.29) is 0 Å². The zero-order chi connectivity index (χ0) is 22.8. The van der Waals surface area contributed by atoms with Gasteiger partial charge in [0, 0.05) is 36.9 Å². The van der Waals surface area contributed by atoms with Crippen molar-refractivity contribution in [1.82, 2.24) is 14.9 Å². The van der Waals surface area contributed by atoms with Crippen molar-refractivity contribution in [1.29, 1.82) is 0 Å². The molecule has 31 heavy (non-hydrogen) atoms. The predicted molar refractivity (Wildman–Crippen MR) is 111 cm³/mol. The zero-order valence-electron chi connectivity index (χ0n) is 17.9. The van der Waals surface area contributed by atoms with Crippen LogP contribution in [0.2, 0.25) is 0 Å². The molecular formula is C22H27F3N4O2. The van der Waals surface area contributed by atoms with Crippen LogP contribution in [0.5, 0.6) is 0 Å². The number of alkyl halides is 3. The highest BCUT2D eigenvalue weighted by atomic mass is 19.4. The largest absolute Gasteiger partial charge is 0.490 e. The summed E-state index contributed by atoms with van der Waals surface area (Å²) in [4.78, 5) is 22.6. The third-order valence-corrected chi connectivity index (χ3v) is 6.11. The van der Waals surface area contributed by atoms with Crippen molar-refractivity contribution in [2.24, 2.45) is 0 Å². The summed E-state index contributed by atoms with van der Waals surface area (Å²) in [6, 6.07) is 9.61. The maximum Gasteiger partial charge on any atom is 0.490 e. The first-order chi connectivity index (χ1) is 14.5. The van der Waals surface area contributed by atoms with Crippen molar-refractivity contribution in [3.63, 3.8) is 0 Å². The fraction of sp³-hybridized carbons (Fsp3) is 0.500. The molecule has 2 aliphatic rings. The number of rotatable bonds is 2. The van der Waals surface area contributed by atoms with Crippen LogP contribution in [0.3, 0.4) is 0 Å². The second kappa shape index (κ2) is 8.82. The molecule has 1 saturated heterocycles. The molecular weight excluding hydrogens is 409 g/mol. The van der Waals surface area contributed by atoms with Crippen LogP contribution in [-0.4, -0.2) is 59.3 Å². The number of carbonyl (C=O) groups is 1. The normalized spacial score (nSPS) is 19.7. The quantitative estimate of drug-likeness (QED) is 0.769. The lowest BCUT2D eigenvalue weighted by Crippen LogP contribution is -2.42. The Morgan fingerprint density at radius 1 is 1.16 bits per heavy atom. The van der Waals surface area contributed by atoms with Crippen molar-refractivity contribution in [2.45, 2.75) is 43.8 Å². The number of aromatic nitrogens is 2. The van der Waals surface area contributed by atoms with Gasteiger partial charge in [-0.05, 0) is 57.0 Å². The molecule has 0 amide bonds. The number of aliphatic carboxylic acids is 1. The molecule has 1 unspecified atom stereocenters. The van der Waals surface area contributed by atoms with Gasteiger partial charge >= 0.3 is 12.1 Å². The van der Waals surface area contributed by atoms with E-state index in [4.69, 9.17) is 9.90 Å². The summed E-state index contributed by atoms with van der Waals surface area (Å²) in [7, 11) is 4.41. The number of carboxylic acid groups (broad SMARTS) is 1. The molecule has 0 saturated carbocycles. The first kappa shape index (κ1) is 23.0. The fourth-order valence-corrected chi connectivity index (χ4v) is 4.48. The third kappa shape index (κ3) is 4.98. The standard InChI is InChI=1S/C20H26N4.C2HF3O2/c1-15-13-21-19(22-14-15)24-10-8-20(9-11-24)12-18(23(2)3)16-6-4-5-7-17(16)20;3-2(4,5)1(6)7/h4-7,13-14,18H,8-12H2,1-3H3;(H,6,7). The number of halogens is 3. The van der Waals surface area contributed by atoms with Crippen molar-refractivity contribution in [2.75, 3.05) is 32.1 Å². The van der Waals surface area contributed by atoms with E-state index in [1.807, 2.05) is 19.3 Å². The summed E-state index contributed by atoms with van der Waals surface area (Å²) in [6.45, 7) is 4.11. The number of anilines is 1. The van der Waals surface area contributed by atoms with Crippen LogP contribution in [0.15, 0.2) is 36.7 Å². The van der Waals surface area contributed by atoms with E-state index in [1.54, 1.807) is 5.56 Å². The summed E-state index contributed by atoms with van der Waals surface area (Å²) >= 11 is 0. The Balaban J connectivity index is 0.000000339. The molecule has 0 bridgehead atoms. The van der Waals surface area contributed by atoms with Gasteiger partial charge in [-0.15, -0.1) is 0 Å². The number of aryl methyl sites for hydroxylation is 1. The van der Waals surface area contributed by atoms with Gasteiger partial charge in [0.1, 0.15) is 0 Å². The molecule has 2 heterocycles. The van der Waals surface area contributed by atoms with E-state index >= 15 is 0 Å². The third-order valence-electron chi connectivity index (χ3n) is 6.11. The highest BCUT2D eigenvalue weighted by Crippen LogP contribution is 2.52. The minimum Gasteiger partial charge on any atom is -0.475 e. The first-order valence-corrected chi connectivity index (χ1v) is 10.1. The highest BCUT2D eigenvalue weighted by Gasteiger charge is 2.46. The zero-order valence-corrected chi connectivity index (χ0v) is 17.9. The molecule has 1 aliphatic carbocycles. The summed E-state index contributed by atoms with van der Waals surface area (Å²) in [5.74, 6) is -1.88. The monoisotopic (exact) mass is 436 g/mol. The predicted octanol–water partition coefficient (Wildman–Crippen LogP) is 3.96. The first-order valence-electron chi connectivity index (χ1n) is 10.1. The van der Waals surface area contributed by atoms with Crippen molar-refractivity contribution >= 4 is 11.9 Å². The van der Waals surface area contributed by atoms with Gasteiger partial charge in [0.25, 0.3) is 0 Å². The average molecular weight is 436 g/mol. The molecule has 2 aromatic rings. The van der Waals surface area contributed by atoms with Gasteiger partial charge in [-0.3, -0.25) is 0 Å². The van der Waals surface area contributed by atoms with Gasteiger partial charge in [0.05, 0.1) is 0 Å². The number of nitrogens with zero attached hydrogens (tertiary/aromatic N) is 4. The van der Waals surface area contributed by atoms with E-state index in [2.05, 4.69) is 58.1 Å². The fourth-order valence-electron chi connectivity index (χ4n) is 4.48. The van der Waals surface area contributed by atoms with Crippen LogP contribution in [0.1, 0.15) is 42.0 Å². The van der Waals surface area contributed by atoms with Crippen molar-refractivity contribution in [3.05, 3.63) is 53.3 Å². The van der Waals surface area contributed by atoms with Gasteiger partial charge in [-0.25, -0.2) is 14.8 Å². The average Bonchev–Trinajstić information content (AvgIpc) is 3.04.